The zero-order valence-electron chi connectivity index (χ0n) is 17.5. The zero-order chi connectivity index (χ0) is 22.5. The molecule has 2 aromatic carbocycles. The van der Waals surface area contributed by atoms with E-state index in [9.17, 15) is 9.59 Å². The van der Waals surface area contributed by atoms with E-state index in [1.54, 1.807) is 35.2 Å². The Labute approximate surface area is 196 Å². The van der Waals surface area contributed by atoms with Gasteiger partial charge in [0.1, 0.15) is 5.75 Å². The first-order valence-corrected chi connectivity index (χ1v) is 11.1. The number of amides is 1. The molecule has 1 amide bonds. The van der Waals surface area contributed by atoms with E-state index in [0.717, 1.165) is 0 Å². The summed E-state index contributed by atoms with van der Waals surface area (Å²) in [4.78, 5) is 28.4. The van der Waals surface area contributed by atoms with E-state index in [-0.39, 0.29) is 23.5 Å². The number of rotatable bonds is 3. The van der Waals surface area contributed by atoms with Crippen LogP contribution in [0.15, 0.2) is 47.7 Å². The van der Waals surface area contributed by atoms with Gasteiger partial charge in [0.15, 0.2) is 5.78 Å². The molecule has 2 aliphatic rings. The van der Waals surface area contributed by atoms with Crippen molar-refractivity contribution in [3.8, 4) is 5.75 Å². The van der Waals surface area contributed by atoms with Gasteiger partial charge in [-0.25, -0.2) is 0 Å². The molecule has 0 bridgehead atoms. The molecule has 1 aliphatic carbocycles. The standard InChI is InChI=1S/C24H22Cl3NO3/c1-24(2)11-18-22(19(29)12-24)15(14-5-4-6-16(25)23(14)27)10-21(30)28(18)13-7-8-20(31-3)17(26)9-13/h4-9,15H,10-12H2,1-3H3. The van der Waals surface area contributed by atoms with Crippen molar-refractivity contribution < 1.29 is 14.3 Å². The van der Waals surface area contributed by atoms with Gasteiger partial charge in [0.05, 0.1) is 27.9 Å². The van der Waals surface area contributed by atoms with Crippen molar-refractivity contribution >= 4 is 52.2 Å². The van der Waals surface area contributed by atoms with Crippen LogP contribution < -0.4 is 9.64 Å². The summed E-state index contributed by atoms with van der Waals surface area (Å²) in [7, 11) is 1.54. The number of ketones is 1. The van der Waals surface area contributed by atoms with Crippen molar-refractivity contribution in [3.63, 3.8) is 0 Å². The van der Waals surface area contributed by atoms with Crippen LogP contribution in [0.1, 0.15) is 44.6 Å². The van der Waals surface area contributed by atoms with Crippen LogP contribution >= 0.6 is 34.8 Å². The number of allylic oxidation sites excluding steroid dienone is 2. The SMILES string of the molecule is COc1ccc(N2C(=O)CC(c3cccc(Cl)c3Cl)C3=C2CC(C)(C)CC3=O)cc1Cl. The normalized spacial score (nSPS) is 20.7. The lowest BCUT2D eigenvalue weighted by Gasteiger charge is -2.43. The number of halogens is 3. The van der Waals surface area contributed by atoms with Crippen molar-refractivity contribution in [2.75, 3.05) is 12.0 Å². The van der Waals surface area contributed by atoms with Crippen molar-refractivity contribution in [2.45, 2.75) is 39.0 Å². The summed E-state index contributed by atoms with van der Waals surface area (Å²) in [5, 5.41) is 1.19. The van der Waals surface area contributed by atoms with Crippen LogP contribution in [0.3, 0.4) is 0 Å². The number of hydrogen-bond donors (Lipinski definition) is 0. The van der Waals surface area contributed by atoms with Gasteiger partial charge in [0, 0.05) is 30.0 Å². The van der Waals surface area contributed by atoms with Gasteiger partial charge < -0.3 is 4.74 Å². The molecular weight excluding hydrogens is 457 g/mol. The zero-order valence-corrected chi connectivity index (χ0v) is 19.7. The first-order chi connectivity index (χ1) is 14.6. The maximum absolute atomic E-state index is 13.4. The Balaban J connectivity index is 1.92. The van der Waals surface area contributed by atoms with Crippen LogP contribution in [0.4, 0.5) is 5.69 Å². The quantitative estimate of drug-likeness (QED) is 0.486. The lowest BCUT2D eigenvalue weighted by molar-refractivity contribution is -0.121. The van der Waals surface area contributed by atoms with E-state index in [4.69, 9.17) is 39.5 Å². The molecule has 1 heterocycles. The summed E-state index contributed by atoms with van der Waals surface area (Å²) in [5.41, 5.74) is 2.39. The van der Waals surface area contributed by atoms with E-state index in [1.807, 2.05) is 19.9 Å². The van der Waals surface area contributed by atoms with Crippen LogP contribution in [0.2, 0.25) is 15.1 Å². The van der Waals surface area contributed by atoms with Crippen molar-refractivity contribution in [1.82, 2.24) is 0 Å². The molecule has 1 aliphatic heterocycles. The summed E-state index contributed by atoms with van der Waals surface area (Å²) in [6, 6.07) is 10.5. The predicted octanol–water partition coefficient (Wildman–Crippen LogP) is 6.82. The first kappa shape index (κ1) is 22.2. The highest BCUT2D eigenvalue weighted by atomic mass is 35.5. The highest BCUT2D eigenvalue weighted by Gasteiger charge is 2.45. The second kappa shape index (κ2) is 8.16. The highest BCUT2D eigenvalue weighted by molar-refractivity contribution is 6.42. The Hall–Kier alpha value is -2.01. The topological polar surface area (TPSA) is 46.6 Å². The van der Waals surface area contributed by atoms with Crippen LogP contribution in [0, 0.1) is 5.41 Å². The molecule has 0 saturated heterocycles. The van der Waals surface area contributed by atoms with Crippen molar-refractivity contribution in [1.29, 1.82) is 0 Å². The number of anilines is 1. The number of ether oxygens (including phenoxy) is 1. The third-order valence-electron chi connectivity index (χ3n) is 5.89. The summed E-state index contributed by atoms with van der Waals surface area (Å²) in [5.74, 6) is 0.00547. The Morgan fingerprint density at radius 1 is 1.03 bits per heavy atom. The lowest BCUT2D eigenvalue weighted by Crippen LogP contribution is -2.43. The molecule has 2 aromatic rings. The van der Waals surface area contributed by atoms with E-state index in [2.05, 4.69) is 0 Å². The predicted molar refractivity (Wildman–Crippen MR) is 124 cm³/mol. The van der Waals surface area contributed by atoms with E-state index in [1.165, 1.54) is 7.11 Å². The summed E-state index contributed by atoms with van der Waals surface area (Å²) in [6.45, 7) is 4.07. The Morgan fingerprint density at radius 2 is 1.77 bits per heavy atom. The number of carbonyl (C=O) groups is 2. The molecule has 0 radical (unpaired) electrons. The smallest absolute Gasteiger partial charge is 0.232 e. The third kappa shape index (κ3) is 3.97. The van der Waals surface area contributed by atoms with Gasteiger partial charge in [-0.05, 0) is 41.7 Å². The Morgan fingerprint density at radius 3 is 2.45 bits per heavy atom. The molecule has 0 aromatic heterocycles. The summed E-state index contributed by atoms with van der Waals surface area (Å²) in [6.07, 6.45) is 1.11. The van der Waals surface area contributed by atoms with E-state index >= 15 is 0 Å². The van der Waals surface area contributed by atoms with Gasteiger partial charge >= 0.3 is 0 Å². The number of methoxy groups -OCH3 is 1. The Kier molecular flexibility index (Phi) is 5.84. The van der Waals surface area contributed by atoms with Gasteiger partial charge in [-0.3, -0.25) is 14.5 Å². The minimum Gasteiger partial charge on any atom is -0.495 e. The molecule has 0 fully saturated rings. The van der Waals surface area contributed by atoms with Crippen LogP contribution in [-0.2, 0) is 9.59 Å². The lowest BCUT2D eigenvalue weighted by atomic mass is 9.69. The van der Waals surface area contributed by atoms with Crippen LogP contribution in [0.25, 0.3) is 0 Å². The molecule has 0 spiro atoms. The van der Waals surface area contributed by atoms with E-state index < -0.39 is 5.92 Å². The molecule has 162 valence electrons. The van der Waals surface area contributed by atoms with E-state index in [0.29, 0.717) is 56.2 Å². The second-order valence-corrected chi connectivity index (χ2v) is 9.94. The molecule has 4 nitrogen and oxygen atoms in total. The molecule has 31 heavy (non-hydrogen) atoms. The number of nitrogens with zero attached hydrogens (tertiary/aromatic N) is 1. The first-order valence-electron chi connectivity index (χ1n) is 9.99. The highest BCUT2D eigenvalue weighted by Crippen LogP contribution is 2.50. The fourth-order valence-corrected chi connectivity index (χ4v) is 5.26. The molecule has 1 atom stereocenters. The summed E-state index contributed by atoms with van der Waals surface area (Å²) < 4.78 is 5.24. The van der Waals surface area contributed by atoms with Gasteiger partial charge in [0.25, 0.3) is 0 Å². The fourth-order valence-electron chi connectivity index (χ4n) is 4.56. The number of benzene rings is 2. The number of hydrogen-bond acceptors (Lipinski definition) is 3. The molecule has 4 rings (SSSR count). The molecule has 7 heteroatoms. The molecule has 1 unspecified atom stereocenters. The minimum atomic E-state index is -0.428. The third-order valence-corrected chi connectivity index (χ3v) is 7.02. The average molecular weight is 479 g/mol. The number of carbonyl (C=O) groups excluding carboxylic acids is 2. The molecular formula is C24H22Cl3NO3. The van der Waals surface area contributed by atoms with Gasteiger partial charge in [-0.2, -0.15) is 0 Å². The Bertz CT molecular complexity index is 1120. The minimum absolute atomic E-state index is 0.0319. The maximum Gasteiger partial charge on any atom is 0.232 e. The van der Waals surface area contributed by atoms with Crippen LogP contribution in [-0.4, -0.2) is 18.8 Å². The monoisotopic (exact) mass is 477 g/mol. The van der Waals surface area contributed by atoms with Gasteiger partial charge in [-0.15, -0.1) is 0 Å². The maximum atomic E-state index is 13.4. The van der Waals surface area contributed by atoms with Crippen molar-refractivity contribution in [2.24, 2.45) is 5.41 Å². The van der Waals surface area contributed by atoms with Gasteiger partial charge in [-0.1, -0.05) is 60.8 Å². The molecule has 0 saturated carbocycles. The van der Waals surface area contributed by atoms with Crippen LogP contribution in [0.5, 0.6) is 5.75 Å². The fraction of sp³-hybridized carbons (Fsp3) is 0.333. The number of Topliss-reactive ketones (excluding diaryl/α,β-unsaturated/α-hetero) is 1. The largest absolute Gasteiger partial charge is 0.495 e. The van der Waals surface area contributed by atoms with Crippen molar-refractivity contribution in [3.05, 3.63) is 68.3 Å². The summed E-state index contributed by atoms with van der Waals surface area (Å²) >= 11 is 19.1. The average Bonchev–Trinajstić information content (AvgIpc) is 2.68. The molecule has 0 N–H and O–H groups in total. The van der Waals surface area contributed by atoms with Gasteiger partial charge in [0.2, 0.25) is 5.91 Å². The second-order valence-electron chi connectivity index (χ2n) is 8.75.